The van der Waals surface area contributed by atoms with E-state index in [1.165, 1.54) is 0 Å². The van der Waals surface area contributed by atoms with Gasteiger partial charge in [0.2, 0.25) is 0 Å². The summed E-state index contributed by atoms with van der Waals surface area (Å²) < 4.78 is 0. The van der Waals surface area contributed by atoms with Gasteiger partial charge in [0, 0.05) is 0 Å². The van der Waals surface area contributed by atoms with Crippen LogP contribution in [0.4, 0.5) is 0 Å². The van der Waals surface area contributed by atoms with Crippen LogP contribution in [0, 0.1) is 18.3 Å². The Morgan fingerprint density at radius 2 is 2.33 bits per heavy atom. The lowest BCUT2D eigenvalue weighted by Crippen LogP contribution is -2.11. The van der Waals surface area contributed by atoms with Gasteiger partial charge in [0.15, 0.2) is 0 Å². The maximum atomic E-state index is 11.6. The fourth-order valence-corrected chi connectivity index (χ4v) is 1.46. The van der Waals surface area contributed by atoms with E-state index >= 15 is 0 Å². The molecule has 0 aliphatic carbocycles. The third-order valence-electron chi connectivity index (χ3n) is 2.16. The van der Waals surface area contributed by atoms with Crippen molar-refractivity contribution in [2.45, 2.75) is 13.3 Å². The van der Waals surface area contributed by atoms with Crippen molar-refractivity contribution in [3.63, 3.8) is 0 Å². The molecule has 1 aromatic heterocycles. The van der Waals surface area contributed by atoms with E-state index in [-0.39, 0.29) is 12.0 Å². The van der Waals surface area contributed by atoms with Gasteiger partial charge in [0.05, 0.1) is 23.4 Å². The monoisotopic (exact) mass is 199 g/mol. The van der Waals surface area contributed by atoms with Gasteiger partial charge in [0.25, 0.3) is 5.56 Å². The molecule has 0 unspecified atom stereocenters. The van der Waals surface area contributed by atoms with Gasteiger partial charge in [-0.3, -0.25) is 4.79 Å². The van der Waals surface area contributed by atoms with Gasteiger partial charge < -0.3 is 4.98 Å². The summed E-state index contributed by atoms with van der Waals surface area (Å²) in [6.07, 6.45) is 0.124. The highest BCUT2D eigenvalue weighted by Crippen LogP contribution is 2.09. The summed E-state index contributed by atoms with van der Waals surface area (Å²) in [5.74, 6) is 0.417. The van der Waals surface area contributed by atoms with Crippen molar-refractivity contribution >= 4 is 10.9 Å². The largest absolute Gasteiger partial charge is 0.309 e. The molecule has 0 amide bonds. The Morgan fingerprint density at radius 3 is 3.07 bits per heavy atom. The summed E-state index contributed by atoms with van der Waals surface area (Å²) in [4.78, 5) is 18.4. The lowest BCUT2D eigenvalue weighted by molar-refractivity contribution is 0.999. The molecule has 1 heterocycles. The summed E-state index contributed by atoms with van der Waals surface area (Å²) in [7, 11) is 0. The molecule has 1 aromatic carbocycles. The predicted molar refractivity (Wildman–Crippen MR) is 56.4 cm³/mol. The third-order valence-corrected chi connectivity index (χ3v) is 2.16. The molecule has 0 fully saturated rings. The molecule has 74 valence electrons. The molecule has 4 heteroatoms. The van der Waals surface area contributed by atoms with Crippen LogP contribution < -0.4 is 5.56 Å². The van der Waals surface area contributed by atoms with Crippen molar-refractivity contribution in [3.8, 4) is 6.07 Å². The van der Waals surface area contributed by atoms with E-state index in [0.29, 0.717) is 16.7 Å². The molecule has 0 bridgehead atoms. The van der Waals surface area contributed by atoms with Crippen molar-refractivity contribution in [1.82, 2.24) is 9.97 Å². The second-order valence-electron chi connectivity index (χ2n) is 3.37. The highest BCUT2D eigenvalue weighted by molar-refractivity contribution is 5.78. The molecule has 2 rings (SSSR count). The van der Waals surface area contributed by atoms with E-state index in [0.717, 1.165) is 5.56 Å². The van der Waals surface area contributed by atoms with Gasteiger partial charge in [-0.2, -0.15) is 5.26 Å². The zero-order valence-electron chi connectivity index (χ0n) is 8.24. The van der Waals surface area contributed by atoms with E-state index in [4.69, 9.17) is 5.26 Å². The number of nitrogens with one attached hydrogen (secondary N) is 1. The number of aryl methyl sites for hydroxylation is 1. The minimum atomic E-state index is -0.190. The number of fused-ring (bicyclic) bond motifs is 1. The molecular formula is C11H9N3O. The Labute approximate surface area is 86.2 Å². The van der Waals surface area contributed by atoms with E-state index in [1.54, 1.807) is 6.07 Å². The summed E-state index contributed by atoms with van der Waals surface area (Å²) in [5.41, 5.74) is 1.50. The van der Waals surface area contributed by atoms with Crippen molar-refractivity contribution in [3.05, 3.63) is 39.9 Å². The van der Waals surface area contributed by atoms with Gasteiger partial charge in [-0.25, -0.2) is 4.98 Å². The predicted octanol–water partition coefficient (Wildman–Crippen LogP) is 1.30. The topological polar surface area (TPSA) is 69.5 Å². The quantitative estimate of drug-likeness (QED) is 0.752. The molecular weight excluding hydrogens is 190 g/mol. The Kier molecular flexibility index (Phi) is 2.22. The zero-order valence-corrected chi connectivity index (χ0v) is 8.24. The Balaban J connectivity index is 2.75. The van der Waals surface area contributed by atoms with Crippen LogP contribution in [0.3, 0.4) is 0 Å². The fraction of sp³-hybridized carbons (Fsp3) is 0.182. The number of hydrogen-bond donors (Lipinski definition) is 1. The van der Waals surface area contributed by atoms with Crippen molar-refractivity contribution in [2.24, 2.45) is 0 Å². The van der Waals surface area contributed by atoms with Crippen LogP contribution in [0.15, 0.2) is 23.0 Å². The Morgan fingerprint density at radius 1 is 1.53 bits per heavy atom. The maximum absolute atomic E-state index is 11.6. The standard InChI is InChI=1S/C11H9N3O/c1-7-2-3-8-9(6-7)13-10(4-5-12)14-11(8)15/h2-3,6H,4H2,1H3,(H,13,14,15). The Bertz CT molecular complexity index is 607. The average molecular weight is 199 g/mol. The second-order valence-corrected chi connectivity index (χ2v) is 3.37. The van der Waals surface area contributed by atoms with Crippen LogP contribution in [-0.2, 0) is 6.42 Å². The van der Waals surface area contributed by atoms with Gasteiger partial charge in [0.1, 0.15) is 5.82 Å². The second kappa shape index (κ2) is 3.54. The Hall–Kier alpha value is -2.15. The average Bonchev–Trinajstić information content (AvgIpc) is 2.17. The van der Waals surface area contributed by atoms with Crippen molar-refractivity contribution < 1.29 is 0 Å². The zero-order chi connectivity index (χ0) is 10.8. The van der Waals surface area contributed by atoms with Gasteiger partial charge in [-0.1, -0.05) is 6.07 Å². The van der Waals surface area contributed by atoms with Gasteiger partial charge in [-0.15, -0.1) is 0 Å². The first kappa shape index (κ1) is 9.41. The number of hydrogen-bond acceptors (Lipinski definition) is 3. The van der Waals surface area contributed by atoms with Gasteiger partial charge >= 0.3 is 0 Å². The summed E-state index contributed by atoms with van der Waals surface area (Å²) in [5, 5.41) is 9.08. The van der Waals surface area contributed by atoms with Gasteiger partial charge in [-0.05, 0) is 24.6 Å². The maximum Gasteiger partial charge on any atom is 0.258 e. The molecule has 2 aromatic rings. The molecule has 0 aliphatic heterocycles. The van der Waals surface area contributed by atoms with Crippen LogP contribution >= 0.6 is 0 Å². The fourth-order valence-electron chi connectivity index (χ4n) is 1.46. The minimum Gasteiger partial charge on any atom is -0.309 e. The number of aromatic nitrogens is 2. The molecule has 1 N–H and O–H groups in total. The van der Waals surface area contributed by atoms with Crippen LogP contribution in [0.1, 0.15) is 11.4 Å². The van der Waals surface area contributed by atoms with Crippen LogP contribution in [-0.4, -0.2) is 9.97 Å². The number of rotatable bonds is 1. The van der Waals surface area contributed by atoms with Crippen LogP contribution in [0.25, 0.3) is 10.9 Å². The van der Waals surface area contributed by atoms with Crippen LogP contribution in [0.2, 0.25) is 0 Å². The lowest BCUT2D eigenvalue weighted by Gasteiger charge is -2.00. The SMILES string of the molecule is Cc1ccc2c(=O)[nH]c(CC#N)nc2c1. The van der Waals surface area contributed by atoms with E-state index in [2.05, 4.69) is 9.97 Å². The van der Waals surface area contributed by atoms with Crippen molar-refractivity contribution in [2.75, 3.05) is 0 Å². The molecule has 0 spiro atoms. The van der Waals surface area contributed by atoms with Crippen LogP contribution in [0.5, 0.6) is 0 Å². The first-order valence-electron chi connectivity index (χ1n) is 4.57. The molecule has 0 radical (unpaired) electrons. The van der Waals surface area contributed by atoms with E-state index < -0.39 is 0 Å². The molecule has 4 nitrogen and oxygen atoms in total. The summed E-state index contributed by atoms with van der Waals surface area (Å²) in [6, 6.07) is 7.40. The molecule has 0 atom stereocenters. The highest BCUT2D eigenvalue weighted by atomic mass is 16.1. The number of nitrogens with zero attached hydrogens (tertiary/aromatic N) is 2. The first-order chi connectivity index (χ1) is 7.20. The summed E-state index contributed by atoms with van der Waals surface area (Å²) >= 11 is 0. The number of nitriles is 1. The lowest BCUT2D eigenvalue weighted by atomic mass is 10.2. The highest BCUT2D eigenvalue weighted by Gasteiger charge is 2.03. The normalized spacial score (nSPS) is 10.1. The summed E-state index contributed by atoms with van der Waals surface area (Å²) in [6.45, 7) is 1.94. The minimum absolute atomic E-state index is 0.124. The molecule has 0 saturated heterocycles. The third kappa shape index (κ3) is 1.72. The number of H-pyrrole nitrogens is 1. The smallest absolute Gasteiger partial charge is 0.258 e. The number of benzene rings is 1. The molecule has 15 heavy (non-hydrogen) atoms. The van der Waals surface area contributed by atoms with E-state index in [1.807, 2.05) is 25.1 Å². The van der Waals surface area contributed by atoms with E-state index in [9.17, 15) is 4.79 Å². The number of aromatic amines is 1. The molecule has 0 saturated carbocycles. The first-order valence-corrected chi connectivity index (χ1v) is 4.57. The molecule has 0 aliphatic rings. The van der Waals surface area contributed by atoms with Crippen molar-refractivity contribution in [1.29, 1.82) is 5.26 Å².